The van der Waals surface area contributed by atoms with Gasteiger partial charge in [-0.15, -0.1) is 0 Å². The van der Waals surface area contributed by atoms with Crippen LogP contribution in [0.1, 0.15) is 25.7 Å². The van der Waals surface area contributed by atoms with E-state index in [2.05, 4.69) is 0 Å². The molecule has 0 saturated carbocycles. The number of aliphatic hydroxyl groups excluding tert-OH is 1. The van der Waals surface area contributed by atoms with Gasteiger partial charge in [0.1, 0.15) is 6.61 Å². The maximum atomic E-state index is 11.2. The molecule has 0 atom stereocenters. The van der Waals surface area contributed by atoms with Crippen LogP contribution in [0.5, 0.6) is 0 Å². The Hall–Kier alpha value is -0.900. The molecule has 0 unspecified atom stereocenters. The van der Waals surface area contributed by atoms with E-state index < -0.39 is 12.5 Å². The Bertz CT molecular complexity index is 191. The van der Waals surface area contributed by atoms with Crippen LogP contribution in [0.4, 0.5) is 0 Å². The minimum atomic E-state index is -0.564. The molecule has 0 bridgehead atoms. The van der Waals surface area contributed by atoms with Gasteiger partial charge in [-0.2, -0.15) is 0 Å². The number of carbonyl (C=O) groups is 2. The maximum absolute atomic E-state index is 11.2. The van der Waals surface area contributed by atoms with Crippen molar-refractivity contribution in [2.75, 3.05) is 13.2 Å². The van der Waals surface area contributed by atoms with Crippen LogP contribution in [0.25, 0.3) is 0 Å². The van der Waals surface area contributed by atoms with E-state index in [1.807, 2.05) is 0 Å². The second-order valence-electron chi connectivity index (χ2n) is 2.91. The molecule has 0 spiro atoms. The second kappa shape index (κ2) is 4.21. The van der Waals surface area contributed by atoms with Gasteiger partial charge in [-0.25, -0.2) is 0 Å². The number of nitrogens with zero attached hydrogens (tertiary/aromatic N) is 1. The van der Waals surface area contributed by atoms with E-state index >= 15 is 0 Å². The Morgan fingerprint density at radius 1 is 1.42 bits per heavy atom. The fourth-order valence-electron chi connectivity index (χ4n) is 1.33. The van der Waals surface area contributed by atoms with E-state index in [1.54, 1.807) is 0 Å². The van der Waals surface area contributed by atoms with Gasteiger partial charge in [0.05, 0.1) is 0 Å². The number of carbonyl (C=O) groups excluding carboxylic acids is 2. The molecule has 0 aromatic rings. The highest BCUT2D eigenvalue weighted by atomic mass is 16.3. The SMILES string of the molecule is O=C(CO)N1CCCCCC1=O. The van der Waals surface area contributed by atoms with Gasteiger partial charge < -0.3 is 5.11 Å². The van der Waals surface area contributed by atoms with Crippen LogP contribution in [-0.4, -0.2) is 35.0 Å². The van der Waals surface area contributed by atoms with Crippen molar-refractivity contribution in [3.05, 3.63) is 0 Å². The molecule has 1 fully saturated rings. The molecule has 2 amide bonds. The van der Waals surface area contributed by atoms with E-state index in [1.165, 1.54) is 0 Å². The predicted octanol–water partition coefficient (Wildman–Crippen LogP) is -0.0921. The lowest BCUT2D eigenvalue weighted by molar-refractivity contribution is -0.146. The summed E-state index contributed by atoms with van der Waals surface area (Å²) in [6.07, 6.45) is 3.14. The third-order valence-corrected chi connectivity index (χ3v) is 2.01. The van der Waals surface area contributed by atoms with Crippen LogP contribution >= 0.6 is 0 Å². The third kappa shape index (κ3) is 2.04. The van der Waals surface area contributed by atoms with Gasteiger partial charge in [0.25, 0.3) is 5.91 Å². The van der Waals surface area contributed by atoms with Gasteiger partial charge in [-0.1, -0.05) is 6.42 Å². The molecule has 1 rings (SSSR count). The maximum Gasteiger partial charge on any atom is 0.254 e. The van der Waals surface area contributed by atoms with Crippen molar-refractivity contribution in [1.29, 1.82) is 0 Å². The number of likely N-dealkylation sites (tertiary alicyclic amines) is 1. The lowest BCUT2D eigenvalue weighted by Gasteiger charge is -2.16. The highest BCUT2D eigenvalue weighted by molar-refractivity contribution is 5.95. The van der Waals surface area contributed by atoms with E-state index in [4.69, 9.17) is 5.11 Å². The molecule has 4 nitrogen and oxygen atoms in total. The molecule has 1 heterocycles. The van der Waals surface area contributed by atoms with Crippen molar-refractivity contribution in [2.24, 2.45) is 0 Å². The molecule has 0 aliphatic carbocycles. The summed E-state index contributed by atoms with van der Waals surface area (Å²) in [4.78, 5) is 23.4. The van der Waals surface area contributed by atoms with Crippen LogP contribution in [0, 0.1) is 0 Å². The summed E-state index contributed by atoms with van der Waals surface area (Å²) in [6, 6.07) is 0. The number of aliphatic hydroxyl groups is 1. The molecular weight excluding hydrogens is 158 g/mol. The zero-order valence-corrected chi connectivity index (χ0v) is 6.95. The van der Waals surface area contributed by atoms with Crippen LogP contribution in [-0.2, 0) is 9.59 Å². The van der Waals surface area contributed by atoms with Crippen LogP contribution in [0.2, 0.25) is 0 Å². The van der Waals surface area contributed by atoms with Crippen LogP contribution in [0.15, 0.2) is 0 Å². The number of hydrogen-bond donors (Lipinski definition) is 1. The summed E-state index contributed by atoms with van der Waals surface area (Å²) in [5.74, 6) is -0.617. The Morgan fingerprint density at radius 3 is 2.83 bits per heavy atom. The van der Waals surface area contributed by atoms with E-state index in [-0.39, 0.29) is 5.91 Å². The quantitative estimate of drug-likeness (QED) is 0.599. The summed E-state index contributed by atoms with van der Waals surface area (Å²) in [6.45, 7) is -0.0933. The lowest BCUT2D eigenvalue weighted by atomic mass is 10.2. The Kier molecular flexibility index (Phi) is 3.22. The Balaban J connectivity index is 2.59. The Labute approximate surface area is 71.2 Å². The van der Waals surface area contributed by atoms with Crippen molar-refractivity contribution in [1.82, 2.24) is 4.90 Å². The molecule has 1 N–H and O–H groups in total. The minimum Gasteiger partial charge on any atom is -0.387 e. The average Bonchev–Trinajstić information content (AvgIpc) is 2.28. The molecule has 1 saturated heterocycles. The number of imide groups is 1. The smallest absolute Gasteiger partial charge is 0.254 e. The first-order chi connectivity index (χ1) is 5.75. The first-order valence-corrected chi connectivity index (χ1v) is 4.20. The van der Waals surface area contributed by atoms with Crippen molar-refractivity contribution in [3.63, 3.8) is 0 Å². The topological polar surface area (TPSA) is 57.6 Å². The van der Waals surface area contributed by atoms with Gasteiger partial charge in [-0.3, -0.25) is 14.5 Å². The van der Waals surface area contributed by atoms with Crippen LogP contribution < -0.4 is 0 Å². The van der Waals surface area contributed by atoms with Gasteiger partial charge in [0.2, 0.25) is 5.91 Å². The van der Waals surface area contributed by atoms with Crippen molar-refractivity contribution < 1.29 is 14.7 Å². The standard InChI is InChI=1S/C8H13NO3/c10-6-8(12)9-5-3-1-2-4-7(9)11/h10H,1-6H2. The average molecular weight is 171 g/mol. The van der Waals surface area contributed by atoms with Crippen LogP contribution in [0.3, 0.4) is 0 Å². The van der Waals surface area contributed by atoms with E-state index in [0.29, 0.717) is 13.0 Å². The highest BCUT2D eigenvalue weighted by Gasteiger charge is 2.21. The second-order valence-corrected chi connectivity index (χ2v) is 2.91. The first kappa shape index (κ1) is 9.19. The summed E-state index contributed by atoms with van der Waals surface area (Å²) in [5.41, 5.74) is 0. The monoisotopic (exact) mass is 171 g/mol. The molecular formula is C8H13NO3. The van der Waals surface area contributed by atoms with Gasteiger partial charge in [0, 0.05) is 13.0 Å². The molecule has 0 aromatic carbocycles. The predicted molar refractivity (Wildman–Crippen MR) is 42.3 cm³/mol. The summed E-state index contributed by atoms with van der Waals surface area (Å²) in [7, 11) is 0. The zero-order chi connectivity index (χ0) is 8.97. The van der Waals surface area contributed by atoms with E-state index in [9.17, 15) is 9.59 Å². The molecule has 12 heavy (non-hydrogen) atoms. The normalized spacial score (nSPS) is 19.1. The molecule has 68 valence electrons. The van der Waals surface area contributed by atoms with Crippen molar-refractivity contribution in [3.8, 4) is 0 Å². The number of rotatable bonds is 1. The first-order valence-electron chi connectivity index (χ1n) is 4.20. The molecule has 4 heteroatoms. The third-order valence-electron chi connectivity index (χ3n) is 2.01. The van der Waals surface area contributed by atoms with Gasteiger partial charge in [0.15, 0.2) is 0 Å². The summed E-state index contributed by atoms with van der Waals surface area (Å²) < 4.78 is 0. The molecule has 1 aliphatic heterocycles. The fraction of sp³-hybridized carbons (Fsp3) is 0.750. The number of hydrogen-bond acceptors (Lipinski definition) is 3. The lowest BCUT2D eigenvalue weighted by Crippen LogP contribution is -2.38. The fourth-order valence-corrected chi connectivity index (χ4v) is 1.33. The largest absolute Gasteiger partial charge is 0.387 e. The van der Waals surface area contributed by atoms with E-state index in [0.717, 1.165) is 24.2 Å². The van der Waals surface area contributed by atoms with Crippen molar-refractivity contribution in [2.45, 2.75) is 25.7 Å². The zero-order valence-electron chi connectivity index (χ0n) is 6.95. The highest BCUT2D eigenvalue weighted by Crippen LogP contribution is 2.10. The minimum absolute atomic E-state index is 0.147. The Morgan fingerprint density at radius 2 is 2.17 bits per heavy atom. The molecule has 1 aliphatic rings. The molecule has 0 aromatic heterocycles. The van der Waals surface area contributed by atoms with Gasteiger partial charge >= 0.3 is 0 Å². The summed E-state index contributed by atoms with van der Waals surface area (Å²) >= 11 is 0. The molecule has 0 radical (unpaired) electrons. The number of amides is 2. The van der Waals surface area contributed by atoms with Crippen molar-refractivity contribution >= 4 is 11.8 Å². The summed E-state index contributed by atoms with van der Waals surface area (Å²) in [5, 5.41) is 8.55. The van der Waals surface area contributed by atoms with Gasteiger partial charge in [-0.05, 0) is 12.8 Å².